The summed E-state index contributed by atoms with van der Waals surface area (Å²) in [6.45, 7) is 9.10. The molecule has 0 aliphatic heterocycles. The molecule has 0 unspecified atom stereocenters. The van der Waals surface area contributed by atoms with E-state index in [9.17, 15) is 8.42 Å². The Morgan fingerprint density at radius 2 is 1.71 bits per heavy atom. The molecule has 0 aliphatic carbocycles. The van der Waals surface area contributed by atoms with Crippen molar-refractivity contribution in [2.24, 2.45) is 11.8 Å². The summed E-state index contributed by atoms with van der Waals surface area (Å²) in [4.78, 5) is 0.259. The zero-order chi connectivity index (χ0) is 15.6. The summed E-state index contributed by atoms with van der Waals surface area (Å²) in [6, 6.07) is 5.12. The largest absolute Gasteiger partial charge is 0.245 e. The summed E-state index contributed by atoms with van der Waals surface area (Å²) in [5, 5.41) is 0. The molecular weight excluding hydrogens is 306 g/mol. The van der Waals surface area contributed by atoms with E-state index in [2.05, 4.69) is 8.75 Å². The van der Waals surface area contributed by atoms with Gasteiger partial charge in [-0.05, 0) is 24.0 Å². The molecule has 1 heterocycles. The van der Waals surface area contributed by atoms with Crippen molar-refractivity contribution in [1.82, 2.24) is 13.1 Å². The molecule has 0 saturated carbocycles. The number of sulfonamides is 1. The van der Waals surface area contributed by atoms with E-state index in [1.165, 1.54) is 0 Å². The second-order valence-electron chi connectivity index (χ2n) is 6.00. The molecule has 0 atom stereocenters. The number of fused-ring (bicyclic) bond motifs is 1. The van der Waals surface area contributed by atoms with Gasteiger partial charge in [0.05, 0.1) is 11.7 Å². The van der Waals surface area contributed by atoms with Crippen LogP contribution < -0.4 is 0 Å². The first-order valence-corrected chi connectivity index (χ1v) is 9.21. The van der Waals surface area contributed by atoms with Crippen LogP contribution in [0, 0.1) is 11.8 Å². The van der Waals surface area contributed by atoms with Crippen molar-refractivity contribution < 1.29 is 8.42 Å². The Labute approximate surface area is 130 Å². The van der Waals surface area contributed by atoms with Gasteiger partial charge in [0.2, 0.25) is 10.0 Å². The van der Waals surface area contributed by atoms with Crippen molar-refractivity contribution >= 4 is 32.8 Å². The lowest BCUT2D eigenvalue weighted by Crippen LogP contribution is -2.37. The molecule has 5 nitrogen and oxygen atoms in total. The summed E-state index contributed by atoms with van der Waals surface area (Å²) < 4.78 is 35.8. The van der Waals surface area contributed by atoms with Gasteiger partial charge in [-0.3, -0.25) is 0 Å². The minimum atomic E-state index is -3.55. The molecule has 116 valence electrons. The molecule has 0 fully saturated rings. The van der Waals surface area contributed by atoms with Gasteiger partial charge in [0.25, 0.3) is 0 Å². The summed E-state index contributed by atoms with van der Waals surface area (Å²) in [5.74, 6) is 0.539. The Balaban J connectivity index is 2.49. The predicted molar refractivity (Wildman–Crippen MR) is 85.8 cm³/mol. The summed E-state index contributed by atoms with van der Waals surface area (Å²) >= 11 is 1.04. The number of rotatable bonds is 6. The first-order valence-electron chi connectivity index (χ1n) is 7.03. The van der Waals surface area contributed by atoms with Crippen LogP contribution in [0.4, 0.5) is 0 Å². The summed E-state index contributed by atoms with van der Waals surface area (Å²) in [5.41, 5.74) is 1.11. The van der Waals surface area contributed by atoms with Gasteiger partial charge in [0.1, 0.15) is 15.9 Å². The molecule has 1 aromatic heterocycles. The number of aromatic nitrogens is 2. The molecule has 2 aromatic rings. The third-order valence-electron chi connectivity index (χ3n) is 3.00. The van der Waals surface area contributed by atoms with Crippen LogP contribution in [0.15, 0.2) is 23.1 Å². The first kappa shape index (κ1) is 16.3. The highest BCUT2D eigenvalue weighted by molar-refractivity contribution is 7.89. The van der Waals surface area contributed by atoms with Crippen molar-refractivity contribution in [3.63, 3.8) is 0 Å². The fourth-order valence-electron chi connectivity index (χ4n) is 2.21. The topological polar surface area (TPSA) is 63.2 Å². The van der Waals surface area contributed by atoms with E-state index in [1.807, 2.05) is 27.7 Å². The number of benzene rings is 1. The van der Waals surface area contributed by atoms with Crippen LogP contribution >= 0.6 is 11.7 Å². The molecule has 0 N–H and O–H groups in total. The second-order valence-corrected chi connectivity index (χ2v) is 8.43. The fraction of sp³-hybridized carbons (Fsp3) is 0.571. The fourth-order valence-corrected chi connectivity index (χ4v) is 4.73. The van der Waals surface area contributed by atoms with Crippen molar-refractivity contribution in [2.45, 2.75) is 32.6 Å². The molecule has 0 amide bonds. The van der Waals surface area contributed by atoms with Gasteiger partial charge in [-0.2, -0.15) is 13.1 Å². The Morgan fingerprint density at radius 1 is 1.10 bits per heavy atom. The molecule has 0 saturated heterocycles. The average Bonchev–Trinajstić information content (AvgIpc) is 2.84. The SMILES string of the molecule is CC(C)CN(CC(C)C)S(=O)(=O)c1cccc2nsnc12. The Morgan fingerprint density at radius 3 is 2.29 bits per heavy atom. The number of hydrogen-bond donors (Lipinski definition) is 0. The van der Waals surface area contributed by atoms with Crippen LogP contribution in [0.3, 0.4) is 0 Å². The minimum Gasteiger partial charge on any atom is -0.207 e. The van der Waals surface area contributed by atoms with Gasteiger partial charge in [-0.15, -0.1) is 0 Å². The van der Waals surface area contributed by atoms with Gasteiger partial charge in [-0.25, -0.2) is 8.42 Å². The Kier molecular flexibility index (Phi) is 4.95. The van der Waals surface area contributed by atoms with E-state index >= 15 is 0 Å². The number of nitrogens with zero attached hydrogens (tertiary/aromatic N) is 3. The van der Waals surface area contributed by atoms with E-state index in [4.69, 9.17) is 0 Å². The Bertz CT molecular complexity index is 698. The minimum absolute atomic E-state index is 0.259. The molecule has 21 heavy (non-hydrogen) atoms. The molecule has 0 aliphatic rings. The maximum Gasteiger partial charge on any atom is 0.245 e. The summed E-state index contributed by atoms with van der Waals surface area (Å²) in [7, 11) is -3.55. The number of hydrogen-bond acceptors (Lipinski definition) is 5. The molecular formula is C14H21N3O2S2. The van der Waals surface area contributed by atoms with E-state index < -0.39 is 10.0 Å². The lowest BCUT2D eigenvalue weighted by molar-refractivity contribution is 0.333. The normalized spacial score (nSPS) is 12.9. The molecule has 7 heteroatoms. The van der Waals surface area contributed by atoms with Crippen LogP contribution in [0.2, 0.25) is 0 Å². The van der Waals surface area contributed by atoms with Gasteiger partial charge < -0.3 is 0 Å². The van der Waals surface area contributed by atoms with Crippen molar-refractivity contribution in [3.05, 3.63) is 18.2 Å². The summed E-state index contributed by atoms with van der Waals surface area (Å²) in [6.07, 6.45) is 0. The van der Waals surface area contributed by atoms with E-state index in [0.717, 1.165) is 11.7 Å². The highest BCUT2D eigenvalue weighted by Crippen LogP contribution is 2.25. The van der Waals surface area contributed by atoms with Crippen LogP contribution in [0.1, 0.15) is 27.7 Å². The van der Waals surface area contributed by atoms with Crippen LogP contribution in [0.5, 0.6) is 0 Å². The molecule has 0 radical (unpaired) electrons. The first-order chi connectivity index (χ1) is 9.82. The molecule has 2 rings (SSSR count). The zero-order valence-electron chi connectivity index (χ0n) is 12.8. The van der Waals surface area contributed by atoms with E-state index in [-0.39, 0.29) is 16.7 Å². The highest BCUT2D eigenvalue weighted by atomic mass is 32.2. The van der Waals surface area contributed by atoms with E-state index in [1.54, 1.807) is 22.5 Å². The second kappa shape index (κ2) is 6.37. The van der Waals surface area contributed by atoms with E-state index in [0.29, 0.717) is 24.1 Å². The van der Waals surface area contributed by atoms with Crippen molar-refractivity contribution in [2.75, 3.05) is 13.1 Å². The maximum absolute atomic E-state index is 13.0. The van der Waals surface area contributed by atoms with Gasteiger partial charge in [0.15, 0.2) is 0 Å². The maximum atomic E-state index is 13.0. The standard InChI is InChI=1S/C14H21N3O2S2/c1-10(2)8-17(9-11(3)4)21(18,19)13-7-5-6-12-14(13)16-20-15-12/h5-7,10-11H,8-9H2,1-4H3. The molecule has 1 aromatic carbocycles. The van der Waals surface area contributed by atoms with Gasteiger partial charge in [-0.1, -0.05) is 33.8 Å². The van der Waals surface area contributed by atoms with Gasteiger partial charge >= 0.3 is 0 Å². The molecule has 0 bridgehead atoms. The Hall–Kier alpha value is -1.05. The third-order valence-corrected chi connectivity index (χ3v) is 5.41. The molecule has 0 spiro atoms. The lowest BCUT2D eigenvalue weighted by atomic mass is 10.2. The highest BCUT2D eigenvalue weighted by Gasteiger charge is 2.28. The quantitative estimate of drug-likeness (QED) is 0.818. The monoisotopic (exact) mass is 327 g/mol. The van der Waals surface area contributed by atoms with Crippen LogP contribution in [-0.4, -0.2) is 34.6 Å². The van der Waals surface area contributed by atoms with Crippen LogP contribution in [-0.2, 0) is 10.0 Å². The predicted octanol–water partition coefficient (Wildman–Crippen LogP) is 2.99. The lowest BCUT2D eigenvalue weighted by Gasteiger charge is -2.25. The van der Waals surface area contributed by atoms with Gasteiger partial charge in [0, 0.05) is 13.1 Å². The smallest absolute Gasteiger partial charge is 0.207 e. The zero-order valence-corrected chi connectivity index (χ0v) is 14.4. The van der Waals surface area contributed by atoms with Crippen LogP contribution in [0.25, 0.3) is 11.0 Å². The third kappa shape index (κ3) is 3.59. The average molecular weight is 327 g/mol. The van der Waals surface area contributed by atoms with Crippen molar-refractivity contribution in [3.8, 4) is 0 Å². The van der Waals surface area contributed by atoms with Crippen molar-refractivity contribution in [1.29, 1.82) is 0 Å².